The van der Waals surface area contributed by atoms with Crippen LogP contribution in [-0.4, -0.2) is 10.9 Å². The molecule has 0 aliphatic carbocycles. The maximum Gasteiger partial charge on any atom is 0.251 e. The second kappa shape index (κ2) is 8.47. The van der Waals surface area contributed by atoms with Crippen molar-refractivity contribution < 1.29 is 13.6 Å². The lowest BCUT2D eigenvalue weighted by Crippen LogP contribution is -2.28. The number of fused-ring (bicyclic) bond motifs is 1. The summed E-state index contributed by atoms with van der Waals surface area (Å²) in [5, 5.41) is 6.77. The van der Waals surface area contributed by atoms with Gasteiger partial charge in [0.15, 0.2) is 0 Å². The van der Waals surface area contributed by atoms with Crippen molar-refractivity contribution in [1.29, 1.82) is 0 Å². The molecule has 0 fully saturated rings. The molecule has 1 amide bonds. The molecule has 0 aliphatic rings. The summed E-state index contributed by atoms with van der Waals surface area (Å²) in [5.74, 6) is -2.08. The molecule has 0 saturated heterocycles. The Morgan fingerprint density at radius 3 is 2.33 bits per heavy atom. The number of hydrogen-bond donors (Lipinski definition) is 2. The summed E-state index contributed by atoms with van der Waals surface area (Å²) in [6.45, 7) is 0. The Morgan fingerprint density at radius 2 is 1.60 bits per heavy atom. The van der Waals surface area contributed by atoms with Crippen LogP contribution in [0, 0.1) is 11.6 Å². The molecule has 30 heavy (non-hydrogen) atoms. The Balaban J connectivity index is 1.71. The number of amides is 1. The third kappa shape index (κ3) is 4.09. The quantitative estimate of drug-likeness (QED) is 0.416. The van der Waals surface area contributed by atoms with Gasteiger partial charge in [0.05, 0.1) is 11.2 Å². The van der Waals surface area contributed by atoms with Crippen LogP contribution in [0.1, 0.15) is 11.6 Å². The molecule has 1 aromatic heterocycles. The largest absolute Gasteiger partial charge is 0.365 e. The van der Waals surface area contributed by atoms with Crippen LogP contribution in [0.3, 0.4) is 0 Å². The third-order valence-corrected chi connectivity index (χ3v) is 4.87. The molecule has 0 spiro atoms. The average Bonchev–Trinajstić information content (AvgIpc) is 2.75. The molecule has 1 unspecified atom stereocenters. The lowest BCUT2D eigenvalue weighted by Gasteiger charge is -2.21. The fourth-order valence-corrected chi connectivity index (χ4v) is 3.28. The van der Waals surface area contributed by atoms with E-state index in [4.69, 9.17) is 11.6 Å². The molecule has 1 atom stereocenters. The SMILES string of the molecule is O=C(Nc1cccc2ncccc12)C(Nc1c(F)cccc1F)c1ccc(Cl)cc1. The molecule has 0 radical (unpaired) electrons. The summed E-state index contributed by atoms with van der Waals surface area (Å²) >= 11 is 5.95. The van der Waals surface area contributed by atoms with Crippen LogP contribution in [0.4, 0.5) is 20.2 Å². The van der Waals surface area contributed by atoms with E-state index in [1.807, 2.05) is 12.1 Å². The number of pyridine rings is 1. The van der Waals surface area contributed by atoms with Crippen molar-refractivity contribution in [2.45, 2.75) is 6.04 Å². The molecule has 4 nitrogen and oxygen atoms in total. The van der Waals surface area contributed by atoms with Gasteiger partial charge in [-0.2, -0.15) is 0 Å². The van der Waals surface area contributed by atoms with Crippen molar-refractivity contribution in [1.82, 2.24) is 4.98 Å². The van der Waals surface area contributed by atoms with Gasteiger partial charge < -0.3 is 10.6 Å². The zero-order chi connectivity index (χ0) is 21.1. The molecule has 0 saturated carbocycles. The molecule has 0 bridgehead atoms. The standard InChI is InChI=1S/C23H16ClF2N3O/c24-15-11-9-14(10-12-15)21(29-22-17(25)5-1-6-18(22)26)23(30)28-20-8-2-7-19-16(20)4-3-13-27-19/h1-13,21,29H,(H,28,30). The number of nitrogens with one attached hydrogen (secondary N) is 2. The number of halogens is 3. The first-order chi connectivity index (χ1) is 14.5. The van der Waals surface area contributed by atoms with Gasteiger partial charge in [0.2, 0.25) is 0 Å². The third-order valence-electron chi connectivity index (χ3n) is 4.62. The van der Waals surface area contributed by atoms with E-state index in [2.05, 4.69) is 15.6 Å². The van der Waals surface area contributed by atoms with Gasteiger partial charge in [0.25, 0.3) is 5.91 Å². The lowest BCUT2D eigenvalue weighted by molar-refractivity contribution is -0.117. The normalized spacial score (nSPS) is 11.8. The van der Waals surface area contributed by atoms with Crippen molar-refractivity contribution in [3.63, 3.8) is 0 Å². The fourth-order valence-electron chi connectivity index (χ4n) is 3.15. The zero-order valence-electron chi connectivity index (χ0n) is 15.6. The number of carbonyl (C=O) groups excluding carboxylic acids is 1. The van der Waals surface area contributed by atoms with Gasteiger partial charge in [0.1, 0.15) is 23.4 Å². The number of para-hydroxylation sites is 1. The predicted molar refractivity (Wildman–Crippen MR) is 115 cm³/mol. The molecule has 7 heteroatoms. The van der Waals surface area contributed by atoms with E-state index in [1.165, 1.54) is 6.07 Å². The minimum Gasteiger partial charge on any atom is -0.365 e. The minimum absolute atomic E-state index is 0.382. The van der Waals surface area contributed by atoms with Crippen molar-refractivity contribution in [2.75, 3.05) is 10.6 Å². The monoisotopic (exact) mass is 423 g/mol. The first-order valence-electron chi connectivity index (χ1n) is 9.13. The first-order valence-corrected chi connectivity index (χ1v) is 9.51. The smallest absolute Gasteiger partial charge is 0.251 e. The van der Waals surface area contributed by atoms with Crippen LogP contribution in [0.2, 0.25) is 5.02 Å². The summed E-state index contributed by atoms with van der Waals surface area (Å²) in [5.41, 5.74) is 1.37. The number of rotatable bonds is 5. The van der Waals surface area contributed by atoms with E-state index in [0.29, 0.717) is 21.8 Å². The summed E-state index contributed by atoms with van der Waals surface area (Å²) in [6, 6.07) is 17.9. The van der Waals surface area contributed by atoms with Crippen LogP contribution in [-0.2, 0) is 4.79 Å². The molecular formula is C23H16ClF2N3O. The molecule has 150 valence electrons. The highest BCUT2D eigenvalue weighted by Crippen LogP contribution is 2.28. The highest BCUT2D eigenvalue weighted by atomic mass is 35.5. The van der Waals surface area contributed by atoms with E-state index in [-0.39, 0.29) is 5.69 Å². The zero-order valence-corrected chi connectivity index (χ0v) is 16.3. The number of hydrogen-bond acceptors (Lipinski definition) is 3. The molecule has 3 aromatic carbocycles. The molecule has 4 aromatic rings. The van der Waals surface area contributed by atoms with E-state index >= 15 is 0 Å². The maximum atomic E-state index is 14.2. The predicted octanol–water partition coefficient (Wildman–Crippen LogP) is 5.96. The number of benzene rings is 3. The van der Waals surface area contributed by atoms with Gasteiger partial charge in [0, 0.05) is 16.6 Å². The molecular weight excluding hydrogens is 408 g/mol. The molecule has 0 aliphatic heterocycles. The Kier molecular flexibility index (Phi) is 5.59. The second-order valence-corrected chi connectivity index (χ2v) is 7.03. The number of nitrogens with zero attached hydrogens (tertiary/aromatic N) is 1. The minimum atomic E-state index is -1.07. The van der Waals surface area contributed by atoms with Gasteiger partial charge in [-0.3, -0.25) is 9.78 Å². The number of anilines is 2. The summed E-state index contributed by atoms with van der Waals surface area (Å²) in [6.07, 6.45) is 1.66. The number of aromatic nitrogens is 1. The average molecular weight is 424 g/mol. The van der Waals surface area contributed by atoms with Crippen molar-refractivity contribution in [3.05, 3.63) is 101 Å². The summed E-state index contributed by atoms with van der Waals surface area (Å²) in [7, 11) is 0. The molecule has 4 rings (SSSR count). The summed E-state index contributed by atoms with van der Waals surface area (Å²) < 4.78 is 28.5. The van der Waals surface area contributed by atoms with Crippen molar-refractivity contribution >= 4 is 39.8 Å². The highest BCUT2D eigenvalue weighted by Gasteiger charge is 2.24. The van der Waals surface area contributed by atoms with Crippen LogP contribution in [0.15, 0.2) is 79.0 Å². The van der Waals surface area contributed by atoms with Crippen LogP contribution >= 0.6 is 11.6 Å². The van der Waals surface area contributed by atoms with Gasteiger partial charge in [-0.15, -0.1) is 0 Å². The summed E-state index contributed by atoms with van der Waals surface area (Å²) in [4.78, 5) is 17.5. The Labute approximate surface area is 176 Å². The van der Waals surface area contributed by atoms with Crippen molar-refractivity contribution in [2.24, 2.45) is 0 Å². The van der Waals surface area contributed by atoms with Crippen LogP contribution in [0.5, 0.6) is 0 Å². The maximum absolute atomic E-state index is 14.2. The van der Waals surface area contributed by atoms with E-state index in [1.54, 1.807) is 48.7 Å². The van der Waals surface area contributed by atoms with Gasteiger partial charge in [-0.1, -0.05) is 35.9 Å². The van der Waals surface area contributed by atoms with Gasteiger partial charge >= 0.3 is 0 Å². The Hall–Kier alpha value is -3.51. The second-order valence-electron chi connectivity index (χ2n) is 6.59. The Bertz CT molecular complexity index is 1190. The van der Waals surface area contributed by atoms with E-state index in [0.717, 1.165) is 17.5 Å². The fraction of sp³-hybridized carbons (Fsp3) is 0.0435. The lowest BCUT2D eigenvalue weighted by atomic mass is 10.0. The topological polar surface area (TPSA) is 54.0 Å². The Morgan fingerprint density at radius 1 is 0.900 bits per heavy atom. The highest BCUT2D eigenvalue weighted by molar-refractivity contribution is 6.30. The van der Waals surface area contributed by atoms with Crippen LogP contribution < -0.4 is 10.6 Å². The van der Waals surface area contributed by atoms with Crippen molar-refractivity contribution in [3.8, 4) is 0 Å². The molecule has 2 N–H and O–H groups in total. The van der Waals surface area contributed by atoms with E-state index < -0.39 is 23.6 Å². The van der Waals surface area contributed by atoms with Gasteiger partial charge in [-0.25, -0.2) is 8.78 Å². The van der Waals surface area contributed by atoms with E-state index in [9.17, 15) is 13.6 Å². The van der Waals surface area contributed by atoms with Crippen LogP contribution in [0.25, 0.3) is 10.9 Å². The molecule has 1 heterocycles. The number of carbonyl (C=O) groups is 1. The van der Waals surface area contributed by atoms with Gasteiger partial charge in [-0.05, 0) is 54.1 Å². The first kappa shape index (κ1) is 19.8.